The van der Waals surface area contributed by atoms with E-state index in [1.807, 2.05) is 0 Å². The van der Waals surface area contributed by atoms with Crippen LogP contribution in [-0.4, -0.2) is 26.5 Å². The summed E-state index contributed by atoms with van der Waals surface area (Å²) in [6.07, 6.45) is 0. The Morgan fingerprint density at radius 1 is 1.04 bits per heavy atom. The largest absolute Gasteiger partial charge is 0.290 e. The Labute approximate surface area is 157 Å². The van der Waals surface area contributed by atoms with Crippen molar-refractivity contribution in [2.45, 2.75) is 13.5 Å². The van der Waals surface area contributed by atoms with E-state index >= 15 is 0 Å². The van der Waals surface area contributed by atoms with Crippen molar-refractivity contribution >= 4 is 28.3 Å². The smallest absolute Gasteiger partial charge is 0.267 e. The summed E-state index contributed by atoms with van der Waals surface area (Å²) in [6.45, 7) is 2.00. The lowest BCUT2D eigenvalue weighted by Gasteiger charge is -2.11. The van der Waals surface area contributed by atoms with Gasteiger partial charge in [0.05, 0.1) is 10.3 Å². The number of hydrazine groups is 1. The summed E-state index contributed by atoms with van der Waals surface area (Å²) in [5, 5.41) is 15.4. The molecule has 0 fully saturated rings. The van der Waals surface area contributed by atoms with Crippen molar-refractivity contribution in [3.8, 4) is 0 Å². The first-order valence-electron chi connectivity index (χ1n) is 8.27. The zero-order chi connectivity index (χ0) is 20.3. The minimum absolute atomic E-state index is 0.0129. The number of aryl methyl sites for hydroxylation is 1. The molecule has 3 aromatic rings. The van der Waals surface area contributed by atoms with E-state index in [0.717, 1.165) is 4.68 Å². The molecule has 2 amide bonds. The molecule has 0 atom stereocenters. The summed E-state index contributed by atoms with van der Waals surface area (Å²) >= 11 is 0. The van der Waals surface area contributed by atoms with Gasteiger partial charge in [-0.1, -0.05) is 18.2 Å². The molecule has 10 nitrogen and oxygen atoms in total. The number of hydrogen-bond donors (Lipinski definition) is 2. The van der Waals surface area contributed by atoms with Crippen LogP contribution in [0.25, 0.3) is 10.8 Å². The summed E-state index contributed by atoms with van der Waals surface area (Å²) < 4.78 is 1.16. The fraction of sp³-hybridized carbons (Fsp3) is 0.111. The Morgan fingerprint density at radius 2 is 1.64 bits per heavy atom. The summed E-state index contributed by atoms with van der Waals surface area (Å²) in [7, 11) is 0. The third-order valence-electron chi connectivity index (χ3n) is 4.01. The predicted octanol–water partition coefficient (Wildman–Crippen LogP) is 1.40. The highest BCUT2D eigenvalue weighted by Gasteiger charge is 2.17. The van der Waals surface area contributed by atoms with Gasteiger partial charge in [-0.05, 0) is 25.1 Å². The molecule has 0 radical (unpaired) electrons. The van der Waals surface area contributed by atoms with Crippen molar-refractivity contribution in [2.24, 2.45) is 0 Å². The van der Waals surface area contributed by atoms with E-state index < -0.39 is 16.7 Å². The van der Waals surface area contributed by atoms with Gasteiger partial charge in [0.25, 0.3) is 23.1 Å². The normalized spacial score (nSPS) is 10.5. The Hall–Kier alpha value is -4.08. The van der Waals surface area contributed by atoms with Crippen LogP contribution in [0.3, 0.4) is 0 Å². The molecular formula is C18H15N5O5. The van der Waals surface area contributed by atoms with Crippen LogP contribution in [0.2, 0.25) is 0 Å². The van der Waals surface area contributed by atoms with Gasteiger partial charge < -0.3 is 0 Å². The van der Waals surface area contributed by atoms with Crippen LogP contribution in [0, 0.1) is 10.1 Å². The molecule has 0 bridgehead atoms. The van der Waals surface area contributed by atoms with Crippen molar-refractivity contribution in [1.82, 2.24) is 20.6 Å². The molecule has 1 aromatic heterocycles. The second kappa shape index (κ2) is 7.66. The number of benzene rings is 2. The SMILES string of the molecule is CCn1nc(C(=O)NNC(=O)c2ccc([N+](=O)[O-])cc2)c2ccccc2c1=O. The molecule has 142 valence electrons. The zero-order valence-electron chi connectivity index (χ0n) is 14.7. The third-order valence-corrected chi connectivity index (χ3v) is 4.01. The highest BCUT2D eigenvalue weighted by Crippen LogP contribution is 2.13. The van der Waals surface area contributed by atoms with Crippen molar-refractivity contribution < 1.29 is 14.5 Å². The van der Waals surface area contributed by atoms with E-state index in [4.69, 9.17) is 0 Å². The van der Waals surface area contributed by atoms with E-state index in [1.165, 1.54) is 24.3 Å². The molecule has 2 N–H and O–H groups in total. The van der Waals surface area contributed by atoms with Crippen LogP contribution >= 0.6 is 0 Å². The summed E-state index contributed by atoms with van der Waals surface area (Å²) in [5.41, 5.74) is 4.12. The van der Waals surface area contributed by atoms with Gasteiger partial charge in [0, 0.05) is 29.6 Å². The van der Waals surface area contributed by atoms with Gasteiger partial charge in [0.15, 0.2) is 5.69 Å². The lowest BCUT2D eigenvalue weighted by Crippen LogP contribution is -2.42. The molecule has 0 saturated heterocycles. The maximum atomic E-state index is 12.5. The predicted molar refractivity (Wildman–Crippen MR) is 99.7 cm³/mol. The molecule has 1 heterocycles. The van der Waals surface area contributed by atoms with E-state index in [9.17, 15) is 24.5 Å². The number of nitrogens with one attached hydrogen (secondary N) is 2. The van der Waals surface area contributed by atoms with Crippen LogP contribution in [0.1, 0.15) is 27.8 Å². The first-order chi connectivity index (χ1) is 13.4. The van der Waals surface area contributed by atoms with Gasteiger partial charge in [-0.15, -0.1) is 0 Å². The molecule has 0 spiro atoms. The van der Waals surface area contributed by atoms with Crippen LogP contribution in [0.4, 0.5) is 5.69 Å². The van der Waals surface area contributed by atoms with Crippen molar-refractivity contribution in [2.75, 3.05) is 0 Å². The molecule has 10 heteroatoms. The number of fused-ring (bicyclic) bond motifs is 1. The highest BCUT2D eigenvalue weighted by molar-refractivity contribution is 6.06. The van der Waals surface area contributed by atoms with E-state index in [2.05, 4.69) is 16.0 Å². The van der Waals surface area contributed by atoms with Crippen molar-refractivity contribution in [3.63, 3.8) is 0 Å². The van der Waals surface area contributed by atoms with Crippen molar-refractivity contribution in [3.05, 3.63) is 80.3 Å². The molecular weight excluding hydrogens is 366 g/mol. The minimum Gasteiger partial charge on any atom is -0.267 e. The number of aromatic nitrogens is 2. The molecule has 0 saturated carbocycles. The van der Waals surface area contributed by atoms with Crippen LogP contribution in [0.5, 0.6) is 0 Å². The number of non-ortho nitro benzene ring substituents is 1. The average Bonchev–Trinajstić information content (AvgIpc) is 2.72. The second-order valence-electron chi connectivity index (χ2n) is 5.73. The monoisotopic (exact) mass is 381 g/mol. The van der Waals surface area contributed by atoms with Crippen LogP contribution < -0.4 is 16.4 Å². The lowest BCUT2D eigenvalue weighted by molar-refractivity contribution is -0.384. The molecule has 0 unspecified atom stereocenters. The quantitative estimate of drug-likeness (QED) is 0.518. The fourth-order valence-corrected chi connectivity index (χ4v) is 2.60. The summed E-state index contributed by atoms with van der Waals surface area (Å²) in [6, 6.07) is 11.4. The summed E-state index contributed by atoms with van der Waals surface area (Å²) in [4.78, 5) is 47.0. The number of amides is 2. The number of nitro benzene ring substituents is 1. The van der Waals surface area contributed by atoms with Crippen molar-refractivity contribution in [1.29, 1.82) is 0 Å². The molecule has 2 aromatic carbocycles. The second-order valence-corrected chi connectivity index (χ2v) is 5.73. The molecule has 3 rings (SSSR count). The first-order valence-corrected chi connectivity index (χ1v) is 8.27. The van der Waals surface area contributed by atoms with Gasteiger partial charge in [-0.3, -0.25) is 35.3 Å². The molecule has 0 aliphatic rings. The molecule has 28 heavy (non-hydrogen) atoms. The number of nitro groups is 1. The van der Waals surface area contributed by atoms with E-state index in [1.54, 1.807) is 31.2 Å². The topological polar surface area (TPSA) is 136 Å². The minimum atomic E-state index is -0.700. The highest BCUT2D eigenvalue weighted by atomic mass is 16.6. The number of rotatable bonds is 4. The maximum absolute atomic E-state index is 12.5. The maximum Gasteiger partial charge on any atom is 0.290 e. The number of hydrogen-bond acceptors (Lipinski definition) is 6. The standard InChI is InChI=1S/C18H15N5O5/c1-2-22-18(26)14-6-4-3-5-13(14)15(21-22)17(25)20-19-16(24)11-7-9-12(10-8-11)23(27)28/h3-10H,2H2,1H3,(H,19,24)(H,20,25). The van der Waals surface area contributed by atoms with Gasteiger partial charge in [0.2, 0.25) is 0 Å². The van der Waals surface area contributed by atoms with E-state index in [0.29, 0.717) is 10.8 Å². The number of carbonyl (C=O) groups excluding carboxylic acids is 2. The summed E-state index contributed by atoms with van der Waals surface area (Å²) in [5.74, 6) is -1.36. The van der Waals surface area contributed by atoms with Gasteiger partial charge >= 0.3 is 0 Å². The lowest BCUT2D eigenvalue weighted by atomic mass is 10.1. The third kappa shape index (κ3) is 3.56. The van der Waals surface area contributed by atoms with Crippen LogP contribution in [0.15, 0.2) is 53.3 Å². The number of carbonyl (C=O) groups is 2. The Bertz CT molecular complexity index is 1140. The Kier molecular flexibility index (Phi) is 5.12. The molecule has 0 aliphatic carbocycles. The zero-order valence-corrected chi connectivity index (χ0v) is 14.7. The Morgan fingerprint density at radius 3 is 2.25 bits per heavy atom. The molecule has 0 aliphatic heterocycles. The van der Waals surface area contributed by atoms with Gasteiger partial charge in [0.1, 0.15) is 0 Å². The number of nitrogens with zero attached hydrogens (tertiary/aromatic N) is 3. The van der Waals surface area contributed by atoms with Gasteiger partial charge in [-0.2, -0.15) is 5.10 Å². The first kappa shape index (κ1) is 18.7. The fourth-order valence-electron chi connectivity index (χ4n) is 2.60. The van der Waals surface area contributed by atoms with Gasteiger partial charge in [-0.25, -0.2) is 4.68 Å². The van der Waals surface area contributed by atoms with Crippen LogP contribution in [-0.2, 0) is 6.54 Å². The Balaban J connectivity index is 1.81. The average molecular weight is 381 g/mol. The van der Waals surface area contributed by atoms with E-state index in [-0.39, 0.29) is 29.0 Å².